The lowest BCUT2D eigenvalue weighted by atomic mass is 9.85. The van der Waals surface area contributed by atoms with Crippen molar-refractivity contribution >= 4 is 5.78 Å². The summed E-state index contributed by atoms with van der Waals surface area (Å²) in [6.45, 7) is 15.3. The first-order chi connectivity index (χ1) is 6.46. The summed E-state index contributed by atoms with van der Waals surface area (Å²) in [7, 11) is 2.03. The van der Waals surface area contributed by atoms with Crippen molar-refractivity contribution in [3.63, 3.8) is 0 Å². The van der Waals surface area contributed by atoms with Crippen molar-refractivity contribution in [1.29, 1.82) is 0 Å². The molecule has 2 nitrogen and oxygen atoms in total. The minimum absolute atomic E-state index is 0.215. The van der Waals surface area contributed by atoms with Crippen LogP contribution in [0.5, 0.6) is 0 Å². The normalized spacial score (nSPS) is 15.5. The second kappa shape index (κ2) is 4.65. The summed E-state index contributed by atoms with van der Waals surface area (Å²) in [4.78, 5) is 14.0. The second-order valence-corrected chi connectivity index (χ2v) is 6.63. The third kappa shape index (κ3) is 4.78. The fraction of sp³-hybridized carbons (Fsp3) is 0.923. The highest BCUT2D eigenvalue weighted by atomic mass is 16.1. The standard InChI is InChI=1S/C13H27NO/c1-10(12(2,3)4)14(8)9-11(15)13(5,6)7/h10H,9H2,1-8H3. The van der Waals surface area contributed by atoms with Gasteiger partial charge in [-0.15, -0.1) is 0 Å². The first-order valence-corrected chi connectivity index (χ1v) is 5.70. The van der Waals surface area contributed by atoms with Crippen LogP contribution in [-0.4, -0.2) is 30.3 Å². The average molecular weight is 213 g/mol. The Hall–Kier alpha value is -0.370. The molecular formula is C13H27NO. The zero-order valence-corrected chi connectivity index (χ0v) is 11.6. The van der Waals surface area contributed by atoms with Crippen molar-refractivity contribution in [2.45, 2.75) is 54.5 Å². The van der Waals surface area contributed by atoms with Gasteiger partial charge < -0.3 is 0 Å². The lowest BCUT2D eigenvalue weighted by Gasteiger charge is -2.36. The monoisotopic (exact) mass is 213 g/mol. The van der Waals surface area contributed by atoms with Gasteiger partial charge in [0.15, 0.2) is 5.78 Å². The Kier molecular flexibility index (Phi) is 4.53. The number of hydrogen-bond donors (Lipinski definition) is 0. The van der Waals surface area contributed by atoms with Gasteiger partial charge in [0.2, 0.25) is 0 Å². The quantitative estimate of drug-likeness (QED) is 0.718. The lowest BCUT2D eigenvalue weighted by Crippen LogP contribution is -2.44. The summed E-state index contributed by atoms with van der Waals surface area (Å²) >= 11 is 0. The minimum atomic E-state index is -0.230. The highest BCUT2D eigenvalue weighted by molar-refractivity contribution is 5.85. The van der Waals surface area contributed by atoms with Crippen LogP contribution in [0, 0.1) is 10.8 Å². The largest absolute Gasteiger partial charge is 0.298 e. The number of ketones is 1. The molecule has 0 fully saturated rings. The van der Waals surface area contributed by atoms with Crippen LogP contribution < -0.4 is 0 Å². The van der Waals surface area contributed by atoms with Crippen LogP contribution in [-0.2, 0) is 4.79 Å². The van der Waals surface area contributed by atoms with E-state index in [2.05, 4.69) is 32.6 Å². The molecule has 0 aromatic rings. The van der Waals surface area contributed by atoms with E-state index in [1.165, 1.54) is 0 Å². The molecule has 0 radical (unpaired) electrons. The number of carbonyl (C=O) groups is 1. The van der Waals surface area contributed by atoms with Crippen molar-refractivity contribution in [2.75, 3.05) is 13.6 Å². The highest BCUT2D eigenvalue weighted by Crippen LogP contribution is 2.24. The van der Waals surface area contributed by atoms with E-state index in [0.29, 0.717) is 18.4 Å². The van der Waals surface area contributed by atoms with Gasteiger partial charge in [0, 0.05) is 11.5 Å². The van der Waals surface area contributed by atoms with Crippen molar-refractivity contribution in [2.24, 2.45) is 10.8 Å². The lowest BCUT2D eigenvalue weighted by molar-refractivity contribution is -0.128. The average Bonchev–Trinajstić information content (AvgIpc) is 1.99. The Balaban J connectivity index is 4.39. The summed E-state index contributed by atoms with van der Waals surface area (Å²) in [6.07, 6.45) is 0. The Labute approximate surface area is 95.0 Å². The summed E-state index contributed by atoms with van der Waals surface area (Å²) in [5.74, 6) is 0.307. The first kappa shape index (κ1) is 14.6. The van der Waals surface area contributed by atoms with Crippen LogP contribution >= 0.6 is 0 Å². The van der Waals surface area contributed by atoms with Gasteiger partial charge in [-0.3, -0.25) is 9.69 Å². The molecule has 0 N–H and O–H groups in total. The van der Waals surface area contributed by atoms with E-state index in [9.17, 15) is 4.79 Å². The van der Waals surface area contributed by atoms with Crippen molar-refractivity contribution in [3.8, 4) is 0 Å². The van der Waals surface area contributed by atoms with Gasteiger partial charge in [-0.1, -0.05) is 41.5 Å². The Morgan fingerprint density at radius 2 is 1.53 bits per heavy atom. The van der Waals surface area contributed by atoms with Crippen LogP contribution in [0.25, 0.3) is 0 Å². The molecule has 0 aromatic carbocycles. The Morgan fingerprint density at radius 1 is 1.13 bits per heavy atom. The number of likely N-dealkylation sites (N-methyl/N-ethyl adjacent to an activating group) is 1. The van der Waals surface area contributed by atoms with Gasteiger partial charge in [-0.05, 0) is 19.4 Å². The van der Waals surface area contributed by atoms with Gasteiger partial charge in [-0.25, -0.2) is 0 Å². The molecule has 15 heavy (non-hydrogen) atoms. The second-order valence-electron chi connectivity index (χ2n) is 6.63. The summed E-state index contributed by atoms with van der Waals surface area (Å²) in [6, 6.07) is 0.406. The molecule has 0 bridgehead atoms. The third-order valence-corrected chi connectivity index (χ3v) is 3.14. The smallest absolute Gasteiger partial charge is 0.152 e. The van der Waals surface area contributed by atoms with Gasteiger partial charge >= 0.3 is 0 Å². The first-order valence-electron chi connectivity index (χ1n) is 5.70. The molecular weight excluding hydrogens is 186 g/mol. The van der Waals surface area contributed by atoms with Gasteiger partial charge in [0.1, 0.15) is 0 Å². The molecule has 0 saturated heterocycles. The van der Waals surface area contributed by atoms with Crippen LogP contribution in [0.1, 0.15) is 48.5 Å². The molecule has 0 saturated carbocycles. The van der Waals surface area contributed by atoms with E-state index < -0.39 is 0 Å². The Bertz CT molecular complexity index is 220. The molecule has 90 valence electrons. The highest BCUT2D eigenvalue weighted by Gasteiger charge is 2.28. The van der Waals surface area contributed by atoms with E-state index in [1.54, 1.807) is 0 Å². The van der Waals surface area contributed by atoms with Gasteiger partial charge in [0.05, 0.1) is 6.54 Å². The minimum Gasteiger partial charge on any atom is -0.298 e. The molecule has 0 spiro atoms. The zero-order chi connectivity index (χ0) is 12.4. The van der Waals surface area contributed by atoms with Gasteiger partial charge in [-0.2, -0.15) is 0 Å². The fourth-order valence-electron chi connectivity index (χ4n) is 1.26. The SMILES string of the molecule is CC(N(C)CC(=O)C(C)(C)C)C(C)(C)C. The predicted molar refractivity (Wildman–Crippen MR) is 66.0 cm³/mol. The number of nitrogens with zero attached hydrogens (tertiary/aromatic N) is 1. The molecule has 1 unspecified atom stereocenters. The topological polar surface area (TPSA) is 20.3 Å². The van der Waals surface area contributed by atoms with Crippen LogP contribution in [0.3, 0.4) is 0 Å². The maximum atomic E-state index is 11.9. The number of hydrogen-bond acceptors (Lipinski definition) is 2. The van der Waals surface area contributed by atoms with Crippen molar-refractivity contribution in [3.05, 3.63) is 0 Å². The van der Waals surface area contributed by atoms with E-state index in [-0.39, 0.29) is 10.8 Å². The zero-order valence-electron chi connectivity index (χ0n) is 11.6. The van der Waals surface area contributed by atoms with Crippen molar-refractivity contribution < 1.29 is 4.79 Å². The predicted octanol–water partition coefficient (Wildman–Crippen LogP) is 2.97. The van der Waals surface area contributed by atoms with Gasteiger partial charge in [0.25, 0.3) is 0 Å². The molecule has 0 heterocycles. The maximum absolute atomic E-state index is 11.9. The number of carbonyl (C=O) groups excluding carboxylic acids is 1. The van der Waals surface area contributed by atoms with Crippen LogP contribution in [0.4, 0.5) is 0 Å². The van der Waals surface area contributed by atoms with E-state index in [1.807, 2.05) is 27.8 Å². The van der Waals surface area contributed by atoms with E-state index >= 15 is 0 Å². The van der Waals surface area contributed by atoms with Crippen LogP contribution in [0.15, 0.2) is 0 Å². The van der Waals surface area contributed by atoms with E-state index in [4.69, 9.17) is 0 Å². The molecule has 0 aliphatic rings. The third-order valence-electron chi connectivity index (χ3n) is 3.14. The van der Waals surface area contributed by atoms with Crippen LogP contribution in [0.2, 0.25) is 0 Å². The molecule has 1 atom stereocenters. The fourth-order valence-corrected chi connectivity index (χ4v) is 1.26. The molecule has 0 rings (SSSR count). The molecule has 0 amide bonds. The molecule has 2 heteroatoms. The number of Topliss-reactive ketones (excluding diaryl/α,β-unsaturated/α-hetero) is 1. The number of rotatable bonds is 3. The van der Waals surface area contributed by atoms with E-state index in [0.717, 1.165) is 0 Å². The molecule has 0 aromatic heterocycles. The Morgan fingerprint density at radius 3 is 1.80 bits per heavy atom. The summed E-state index contributed by atoms with van der Waals surface area (Å²) in [5.41, 5.74) is -0.0151. The maximum Gasteiger partial charge on any atom is 0.152 e. The van der Waals surface area contributed by atoms with Crippen molar-refractivity contribution in [1.82, 2.24) is 4.90 Å². The molecule has 0 aliphatic carbocycles. The molecule has 0 aliphatic heterocycles. The summed E-state index contributed by atoms with van der Waals surface area (Å²) < 4.78 is 0. The summed E-state index contributed by atoms with van der Waals surface area (Å²) in [5, 5.41) is 0.